The van der Waals surface area contributed by atoms with Crippen LogP contribution in [0.5, 0.6) is 5.88 Å². The number of aryl methyl sites for hydroxylation is 1. The van der Waals surface area contributed by atoms with Gasteiger partial charge >= 0.3 is 0 Å². The van der Waals surface area contributed by atoms with E-state index in [4.69, 9.17) is 9.47 Å². The van der Waals surface area contributed by atoms with Gasteiger partial charge in [0.25, 0.3) is 5.92 Å². The molecule has 0 amide bonds. The molecule has 3 aromatic rings. The number of pyridine rings is 2. The summed E-state index contributed by atoms with van der Waals surface area (Å²) >= 11 is 0. The van der Waals surface area contributed by atoms with Gasteiger partial charge in [0.05, 0.1) is 0 Å². The van der Waals surface area contributed by atoms with Crippen molar-refractivity contribution in [3.63, 3.8) is 0 Å². The van der Waals surface area contributed by atoms with Crippen molar-refractivity contribution in [2.45, 2.75) is 26.4 Å². The van der Waals surface area contributed by atoms with E-state index >= 15 is 0 Å². The fourth-order valence-electron chi connectivity index (χ4n) is 2.40. The Labute approximate surface area is 143 Å². The van der Waals surface area contributed by atoms with Gasteiger partial charge in [0.2, 0.25) is 5.88 Å². The van der Waals surface area contributed by atoms with Crippen LogP contribution in [0.1, 0.15) is 18.3 Å². The minimum Gasteiger partial charge on any atom is -0.471 e. The van der Waals surface area contributed by atoms with E-state index in [2.05, 4.69) is 15.2 Å². The molecule has 0 saturated carbocycles. The van der Waals surface area contributed by atoms with Gasteiger partial charge in [-0.15, -0.1) is 10.2 Å². The number of rotatable bonds is 6. The van der Waals surface area contributed by atoms with Crippen LogP contribution >= 0.6 is 0 Å². The fourth-order valence-corrected chi connectivity index (χ4v) is 2.40. The van der Waals surface area contributed by atoms with Crippen LogP contribution in [-0.2, 0) is 11.3 Å². The lowest BCUT2D eigenvalue weighted by atomic mass is 10.1. The van der Waals surface area contributed by atoms with Gasteiger partial charge in [-0.3, -0.25) is 4.40 Å². The van der Waals surface area contributed by atoms with Crippen LogP contribution in [-0.4, -0.2) is 39.2 Å². The molecule has 3 rings (SSSR count). The molecule has 0 bridgehead atoms. The highest BCUT2D eigenvalue weighted by atomic mass is 19.3. The highest BCUT2D eigenvalue weighted by Gasteiger charge is 2.22. The smallest absolute Gasteiger partial charge is 0.278 e. The van der Waals surface area contributed by atoms with E-state index in [1.807, 2.05) is 28.8 Å². The summed E-state index contributed by atoms with van der Waals surface area (Å²) in [6.07, 6.45) is 3.48. The van der Waals surface area contributed by atoms with Crippen LogP contribution in [0.4, 0.5) is 8.78 Å². The first-order chi connectivity index (χ1) is 11.9. The fraction of sp³-hybridized carbons (Fsp3) is 0.353. The largest absolute Gasteiger partial charge is 0.471 e. The van der Waals surface area contributed by atoms with Crippen LogP contribution in [0.3, 0.4) is 0 Å². The maximum Gasteiger partial charge on any atom is 0.278 e. The minimum atomic E-state index is -2.90. The number of nitrogens with zero attached hydrogens (tertiary/aromatic N) is 4. The first-order valence-electron chi connectivity index (χ1n) is 7.67. The van der Waals surface area contributed by atoms with Gasteiger partial charge in [-0.2, -0.15) is 0 Å². The van der Waals surface area contributed by atoms with Gasteiger partial charge < -0.3 is 9.47 Å². The van der Waals surface area contributed by atoms with E-state index in [-0.39, 0.29) is 5.88 Å². The summed E-state index contributed by atoms with van der Waals surface area (Å²) in [5.41, 5.74) is 3.13. The molecule has 0 N–H and O–H groups in total. The molecule has 0 saturated heterocycles. The Hall–Kier alpha value is -2.61. The maximum absolute atomic E-state index is 12.9. The third kappa shape index (κ3) is 3.90. The number of hydrogen-bond donors (Lipinski definition) is 0. The molecule has 0 aliphatic rings. The van der Waals surface area contributed by atoms with Crippen molar-refractivity contribution in [2.75, 3.05) is 13.7 Å². The predicted octanol–water partition coefficient (Wildman–Crippen LogP) is 3.28. The Morgan fingerprint density at radius 2 is 2.00 bits per heavy atom. The number of fused-ring (bicyclic) bond motifs is 1. The van der Waals surface area contributed by atoms with E-state index in [1.165, 1.54) is 0 Å². The molecule has 0 atom stereocenters. The molecular weight excluding hydrogens is 330 g/mol. The average Bonchev–Trinajstić information content (AvgIpc) is 2.95. The summed E-state index contributed by atoms with van der Waals surface area (Å²) in [4.78, 5) is 4.16. The van der Waals surface area contributed by atoms with Crippen LogP contribution < -0.4 is 4.74 Å². The van der Waals surface area contributed by atoms with Gasteiger partial charge in [0.1, 0.15) is 6.61 Å². The third-order valence-electron chi connectivity index (χ3n) is 3.57. The first kappa shape index (κ1) is 17.2. The Morgan fingerprint density at radius 3 is 2.68 bits per heavy atom. The summed E-state index contributed by atoms with van der Waals surface area (Å²) in [7, 11) is 1.59. The molecule has 25 heavy (non-hydrogen) atoms. The maximum atomic E-state index is 12.9. The summed E-state index contributed by atoms with van der Waals surface area (Å²) in [5.74, 6) is -2.01. The van der Waals surface area contributed by atoms with Crippen LogP contribution in [0.25, 0.3) is 16.8 Å². The second-order valence-electron chi connectivity index (χ2n) is 5.90. The van der Waals surface area contributed by atoms with Crippen LogP contribution in [0.2, 0.25) is 0 Å². The SMILES string of the molecule is COCc1nnc2ccc(-c3cnc(OCC(C)(F)F)c(C)c3)cn12. The monoisotopic (exact) mass is 348 g/mol. The molecule has 0 spiro atoms. The summed E-state index contributed by atoms with van der Waals surface area (Å²) in [6.45, 7) is 2.23. The van der Waals surface area contributed by atoms with Crippen molar-refractivity contribution in [3.05, 3.63) is 42.0 Å². The molecule has 132 valence electrons. The van der Waals surface area contributed by atoms with E-state index in [0.717, 1.165) is 18.1 Å². The summed E-state index contributed by atoms with van der Waals surface area (Å²) < 4.78 is 37.9. The van der Waals surface area contributed by atoms with Crippen molar-refractivity contribution < 1.29 is 18.3 Å². The molecule has 0 aliphatic carbocycles. The van der Waals surface area contributed by atoms with Gasteiger partial charge in [-0.05, 0) is 25.1 Å². The average molecular weight is 348 g/mol. The molecule has 3 aromatic heterocycles. The number of hydrogen-bond acceptors (Lipinski definition) is 5. The topological polar surface area (TPSA) is 61.5 Å². The van der Waals surface area contributed by atoms with Crippen molar-refractivity contribution in [1.29, 1.82) is 0 Å². The zero-order chi connectivity index (χ0) is 18.0. The molecular formula is C17H18F2N4O2. The highest BCUT2D eigenvalue weighted by Crippen LogP contribution is 2.25. The number of aromatic nitrogens is 4. The number of methoxy groups -OCH3 is 1. The van der Waals surface area contributed by atoms with Gasteiger partial charge in [-0.1, -0.05) is 0 Å². The molecule has 3 heterocycles. The normalized spacial score (nSPS) is 11.9. The second kappa shape index (κ2) is 6.72. The van der Waals surface area contributed by atoms with E-state index in [0.29, 0.717) is 23.6 Å². The number of alkyl halides is 2. The molecule has 8 heteroatoms. The first-order valence-corrected chi connectivity index (χ1v) is 7.67. The lowest BCUT2D eigenvalue weighted by Gasteiger charge is -2.13. The van der Waals surface area contributed by atoms with Crippen molar-refractivity contribution in [3.8, 4) is 17.0 Å². The van der Waals surface area contributed by atoms with Crippen molar-refractivity contribution in [2.24, 2.45) is 0 Å². The Morgan fingerprint density at radius 1 is 1.20 bits per heavy atom. The Bertz CT molecular complexity index is 890. The minimum absolute atomic E-state index is 0.204. The number of halogens is 2. The third-order valence-corrected chi connectivity index (χ3v) is 3.57. The van der Waals surface area contributed by atoms with Crippen molar-refractivity contribution in [1.82, 2.24) is 19.6 Å². The lowest BCUT2D eigenvalue weighted by molar-refractivity contribution is -0.0244. The van der Waals surface area contributed by atoms with Crippen LogP contribution in [0.15, 0.2) is 30.6 Å². The lowest BCUT2D eigenvalue weighted by Crippen LogP contribution is -2.21. The van der Waals surface area contributed by atoms with E-state index in [9.17, 15) is 8.78 Å². The van der Waals surface area contributed by atoms with Crippen LogP contribution in [0, 0.1) is 6.92 Å². The zero-order valence-corrected chi connectivity index (χ0v) is 14.2. The Kier molecular flexibility index (Phi) is 4.63. The second-order valence-corrected chi connectivity index (χ2v) is 5.90. The zero-order valence-electron chi connectivity index (χ0n) is 14.2. The molecule has 0 unspecified atom stereocenters. The predicted molar refractivity (Wildman–Crippen MR) is 87.8 cm³/mol. The molecule has 6 nitrogen and oxygen atoms in total. The Balaban J connectivity index is 1.90. The van der Waals surface area contributed by atoms with E-state index < -0.39 is 12.5 Å². The quantitative estimate of drug-likeness (QED) is 0.684. The molecule has 0 aromatic carbocycles. The highest BCUT2D eigenvalue weighted by molar-refractivity contribution is 5.65. The molecule has 0 aliphatic heterocycles. The molecule has 0 radical (unpaired) electrons. The van der Waals surface area contributed by atoms with Gasteiger partial charge in [-0.25, -0.2) is 13.8 Å². The summed E-state index contributed by atoms with van der Waals surface area (Å²) in [6, 6.07) is 5.59. The molecule has 0 fully saturated rings. The van der Waals surface area contributed by atoms with Gasteiger partial charge in [0.15, 0.2) is 18.1 Å². The standard InChI is InChI=1S/C17H18F2N4O2/c1-11-6-13(7-20-16(11)25-10-17(2,18)19)12-4-5-14-21-22-15(9-24-3)23(14)8-12/h4-8H,9-10H2,1-3H3. The summed E-state index contributed by atoms with van der Waals surface area (Å²) in [5, 5.41) is 8.16. The van der Waals surface area contributed by atoms with E-state index in [1.54, 1.807) is 20.2 Å². The van der Waals surface area contributed by atoms with Gasteiger partial charge in [0, 0.05) is 43.1 Å². The van der Waals surface area contributed by atoms with Crippen molar-refractivity contribution >= 4 is 5.65 Å². The number of ether oxygens (including phenoxy) is 2.